The minimum atomic E-state index is -0.559. The van der Waals surface area contributed by atoms with E-state index in [0.29, 0.717) is 12.1 Å². The second kappa shape index (κ2) is 9.14. The first kappa shape index (κ1) is 20.3. The molecule has 8 heteroatoms. The molecule has 2 aromatic rings. The Kier molecular flexibility index (Phi) is 6.61. The Morgan fingerprint density at radius 3 is 2.61 bits per heavy atom. The Bertz CT molecular complexity index is 815. The van der Waals surface area contributed by atoms with E-state index in [1.165, 1.54) is 12.1 Å². The van der Waals surface area contributed by atoms with Crippen molar-refractivity contribution in [2.24, 2.45) is 4.99 Å². The fraction of sp³-hybridized carbons (Fsp3) is 0.500. The van der Waals surface area contributed by atoms with Gasteiger partial charge in [-0.25, -0.2) is 8.78 Å². The number of hydrogen-bond acceptors (Lipinski definition) is 4. The maximum absolute atomic E-state index is 14.0. The lowest BCUT2D eigenvalue weighted by Gasteiger charge is -2.36. The Morgan fingerprint density at radius 2 is 2.00 bits per heavy atom. The minimum Gasteiger partial charge on any atom is -0.361 e. The monoisotopic (exact) mass is 391 g/mol. The minimum absolute atomic E-state index is 0.103. The maximum atomic E-state index is 14.0. The van der Waals surface area contributed by atoms with Crippen LogP contribution in [0.5, 0.6) is 0 Å². The fourth-order valence-corrected chi connectivity index (χ4v) is 3.43. The van der Waals surface area contributed by atoms with Crippen LogP contribution in [0.1, 0.15) is 29.9 Å². The van der Waals surface area contributed by atoms with E-state index in [9.17, 15) is 8.78 Å². The Hall–Kier alpha value is -2.48. The van der Waals surface area contributed by atoms with Crippen LogP contribution in [0, 0.1) is 18.6 Å². The van der Waals surface area contributed by atoms with Crippen LogP contribution < -0.4 is 5.32 Å². The Labute approximate surface area is 164 Å². The van der Waals surface area contributed by atoms with Crippen LogP contribution in [0.25, 0.3) is 0 Å². The van der Waals surface area contributed by atoms with E-state index < -0.39 is 11.6 Å². The molecular formula is C20H27F2N5O. The molecule has 0 amide bonds. The lowest BCUT2D eigenvalue weighted by atomic mass is 10.0. The molecule has 1 fully saturated rings. The molecule has 0 saturated carbocycles. The van der Waals surface area contributed by atoms with Gasteiger partial charge in [-0.05, 0) is 18.6 Å². The summed E-state index contributed by atoms with van der Waals surface area (Å²) in [5.41, 5.74) is 1.45. The van der Waals surface area contributed by atoms with E-state index in [0.717, 1.165) is 56.2 Å². The van der Waals surface area contributed by atoms with Crippen molar-refractivity contribution >= 4 is 5.96 Å². The zero-order valence-corrected chi connectivity index (χ0v) is 16.6. The maximum Gasteiger partial charge on any atom is 0.193 e. The van der Waals surface area contributed by atoms with Gasteiger partial charge in [0.25, 0.3) is 0 Å². The summed E-state index contributed by atoms with van der Waals surface area (Å²) in [6.45, 7) is 8.58. The van der Waals surface area contributed by atoms with Crippen LogP contribution in [0.2, 0.25) is 0 Å². The second-order valence-electron chi connectivity index (χ2n) is 7.19. The summed E-state index contributed by atoms with van der Waals surface area (Å²) in [6.07, 6.45) is 0. The van der Waals surface area contributed by atoms with Gasteiger partial charge in [0.05, 0.1) is 5.69 Å². The molecule has 0 aliphatic carbocycles. The van der Waals surface area contributed by atoms with E-state index >= 15 is 0 Å². The van der Waals surface area contributed by atoms with Crippen LogP contribution in [0.15, 0.2) is 33.8 Å². The van der Waals surface area contributed by atoms with Gasteiger partial charge in [0.2, 0.25) is 0 Å². The summed E-state index contributed by atoms with van der Waals surface area (Å²) in [7, 11) is 1.75. The number of nitrogens with one attached hydrogen (secondary N) is 1. The first-order chi connectivity index (χ1) is 13.5. The average Bonchev–Trinajstić information content (AvgIpc) is 3.08. The van der Waals surface area contributed by atoms with Crippen LogP contribution in [-0.4, -0.2) is 60.7 Å². The number of aryl methyl sites for hydroxylation is 1. The number of aliphatic imine (C=N–C) groups is 1. The highest BCUT2D eigenvalue weighted by Crippen LogP contribution is 2.19. The van der Waals surface area contributed by atoms with Gasteiger partial charge < -0.3 is 14.7 Å². The van der Waals surface area contributed by atoms with Crippen molar-refractivity contribution < 1.29 is 13.3 Å². The van der Waals surface area contributed by atoms with Crippen molar-refractivity contribution in [1.29, 1.82) is 0 Å². The zero-order valence-electron chi connectivity index (χ0n) is 16.6. The largest absolute Gasteiger partial charge is 0.361 e. The van der Waals surface area contributed by atoms with E-state index in [2.05, 4.69) is 25.3 Å². The first-order valence-electron chi connectivity index (χ1n) is 9.51. The van der Waals surface area contributed by atoms with Crippen LogP contribution in [-0.2, 0) is 6.54 Å². The Balaban J connectivity index is 1.49. The van der Waals surface area contributed by atoms with Gasteiger partial charge in [-0.2, -0.15) is 0 Å². The van der Waals surface area contributed by atoms with Crippen molar-refractivity contribution in [3.8, 4) is 0 Å². The third-order valence-electron chi connectivity index (χ3n) is 5.01. The molecule has 1 aliphatic heterocycles. The van der Waals surface area contributed by atoms with Gasteiger partial charge in [0.1, 0.15) is 17.4 Å². The molecule has 1 N–H and O–H groups in total. The molecule has 0 bridgehead atoms. The molecule has 1 aromatic heterocycles. The number of halogens is 2. The summed E-state index contributed by atoms with van der Waals surface area (Å²) >= 11 is 0. The van der Waals surface area contributed by atoms with E-state index in [1.54, 1.807) is 7.05 Å². The molecule has 0 spiro atoms. The lowest BCUT2D eigenvalue weighted by molar-refractivity contribution is 0.169. The molecule has 1 unspecified atom stereocenters. The van der Waals surface area contributed by atoms with Crippen LogP contribution in [0.3, 0.4) is 0 Å². The highest BCUT2D eigenvalue weighted by molar-refractivity contribution is 5.80. The van der Waals surface area contributed by atoms with E-state index in [-0.39, 0.29) is 5.92 Å². The highest BCUT2D eigenvalue weighted by atomic mass is 19.1. The molecule has 1 saturated heterocycles. The summed E-state index contributed by atoms with van der Waals surface area (Å²) in [6, 6.07) is 5.68. The first-order valence-corrected chi connectivity index (χ1v) is 9.51. The molecule has 1 atom stereocenters. The zero-order chi connectivity index (χ0) is 20.1. The molecular weight excluding hydrogens is 364 g/mol. The quantitative estimate of drug-likeness (QED) is 0.627. The van der Waals surface area contributed by atoms with Gasteiger partial charge in [-0.1, -0.05) is 18.1 Å². The predicted molar refractivity (Wildman–Crippen MR) is 104 cm³/mol. The molecule has 3 rings (SSSR count). The highest BCUT2D eigenvalue weighted by Gasteiger charge is 2.21. The van der Waals surface area contributed by atoms with Gasteiger partial charge in [-0.15, -0.1) is 0 Å². The molecule has 152 valence electrons. The van der Waals surface area contributed by atoms with Gasteiger partial charge in [0.15, 0.2) is 5.96 Å². The smallest absolute Gasteiger partial charge is 0.193 e. The number of hydrogen-bond donors (Lipinski definition) is 1. The van der Waals surface area contributed by atoms with E-state index in [1.807, 2.05) is 19.9 Å². The van der Waals surface area contributed by atoms with Crippen LogP contribution in [0.4, 0.5) is 8.78 Å². The molecule has 28 heavy (non-hydrogen) atoms. The summed E-state index contributed by atoms with van der Waals surface area (Å²) < 4.78 is 32.2. The van der Waals surface area contributed by atoms with Crippen molar-refractivity contribution in [3.05, 3.63) is 52.9 Å². The summed E-state index contributed by atoms with van der Waals surface area (Å²) in [4.78, 5) is 8.88. The topological polar surface area (TPSA) is 56.9 Å². The molecule has 1 aliphatic rings. The summed E-state index contributed by atoms with van der Waals surface area (Å²) in [5, 5.41) is 7.37. The van der Waals surface area contributed by atoms with Crippen molar-refractivity contribution in [1.82, 2.24) is 20.3 Å². The molecule has 1 aromatic carbocycles. The average molecular weight is 391 g/mol. The summed E-state index contributed by atoms with van der Waals surface area (Å²) in [5.74, 6) is 0.446. The number of aromatic nitrogens is 1. The van der Waals surface area contributed by atoms with Crippen molar-refractivity contribution in [2.45, 2.75) is 26.3 Å². The van der Waals surface area contributed by atoms with Crippen molar-refractivity contribution in [3.63, 3.8) is 0 Å². The lowest BCUT2D eigenvalue weighted by Crippen LogP contribution is -2.52. The van der Waals surface area contributed by atoms with Gasteiger partial charge in [0, 0.05) is 64.4 Å². The Morgan fingerprint density at radius 1 is 1.25 bits per heavy atom. The number of piperazine rings is 1. The molecule has 2 heterocycles. The van der Waals surface area contributed by atoms with Crippen molar-refractivity contribution in [2.75, 3.05) is 39.8 Å². The standard InChI is InChI=1S/C20H27F2N5O/c1-14(18-5-4-16(21)11-19(18)22)12-24-20(23-3)27-8-6-26(7-9-27)13-17-10-15(2)28-25-17/h4-5,10-11,14H,6-9,12-13H2,1-3H3,(H,23,24). The predicted octanol–water partition coefficient (Wildman–Crippen LogP) is 2.76. The number of guanidine groups is 1. The number of benzene rings is 1. The number of rotatable bonds is 5. The van der Waals surface area contributed by atoms with Gasteiger partial charge in [-0.3, -0.25) is 9.89 Å². The van der Waals surface area contributed by atoms with Gasteiger partial charge >= 0.3 is 0 Å². The SMILES string of the molecule is CN=C(NCC(C)c1ccc(F)cc1F)N1CCN(Cc2cc(C)on2)CC1. The third-order valence-corrected chi connectivity index (χ3v) is 5.01. The van der Waals surface area contributed by atoms with E-state index in [4.69, 9.17) is 4.52 Å². The van der Waals surface area contributed by atoms with Crippen LogP contribution >= 0.6 is 0 Å². The third kappa shape index (κ3) is 5.07. The normalized spacial score (nSPS) is 17.0. The number of nitrogens with zero attached hydrogens (tertiary/aromatic N) is 4. The molecule has 6 nitrogen and oxygen atoms in total. The second-order valence-corrected chi connectivity index (χ2v) is 7.19. The molecule has 0 radical (unpaired) electrons. The fourth-order valence-electron chi connectivity index (χ4n) is 3.43.